The molecule has 3 aliphatic rings. The van der Waals surface area contributed by atoms with Crippen molar-refractivity contribution in [2.75, 3.05) is 20.8 Å². The van der Waals surface area contributed by atoms with Crippen molar-refractivity contribution in [2.24, 2.45) is 0 Å². The highest BCUT2D eigenvalue weighted by molar-refractivity contribution is 5.89. The van der Waals surface area contributed by atoms with E-state index in [4.69, 9.17) is 19.4 Å². The van der Waals surface area contributed by atoms with E-state index in [0.717, 1.165) is 88.3 Å². The van der Waals surface area contributed by atoms with Gasteiger partial charge in [0.1, 0.15) is 23.7 Å². The van der Waals surface area contributed by atoms with E-state index in [-0.39, 0.29) is 29.9 Å². The largest absolute Gasteiger partial charge is 0.453 e. The molecule has 14 nitrogen and oxygen atoms in total. The van der Waals surface area contributed by atoms with Crippen molar-refractivity contribution >= 4 is 35.0 Å². The zero-order valence-corrected chi connectivity index (χ0v) is 33.4. The predicted octanol–water partition coefficient (Wildman–Crippen LogP) is 7.60. The van der Waals surface area contributed by atoms with Gasteiger partial charge in [0.2, 0.25) is 5.91 Å². The molecule has 2 aromatic heterocycles. The first-order valence-corrected chi connectivity index (χ1v) is 20.4. The van der Waals surface area contributed by atoms with Crippen LogP contribution in [-0.2, 0) is 19.1 Å². The smallest absolute Gasteiger partial charge is 0.407 e. The third-order valence-corrected chi connectivity index (χ3v) is 12.2. The minimum Gasteiger partial charge on any atom is -0.453 e. The summed E-state index contributed by atoms with van der Waals surface area (Å²) in [6, 6.07) is 30.4. The lowest BCUT2D eigenvalue weighted by molar-refractivity contribution is -0.139. The molecule has 4 amide bonds. The van der Waals surface area contributed by atoms with Crippen LogP contribution in [0.4, 0.5) is 9.59 Å². The topological polar surface area (TPSA) is 175 Å². The van der Waals surface area contributed by atoms with Gasteiger partial charge in [-0.2, -0.15) is 0 Å². The Morgan fingerprint density at radius 2 is 1.40 bits per heavy atom. The third kappa shape index (κ3) is 7.44. The molecule has 0 bridgehead atoms. The van der Waals surface area contributed by atoms with Crippen LogP contribution in [0.2, 0.25) is 0 Å². The standard InChI is InChI=1S/C46H46N8O6/c1-59-45(57)51-35-22-19-33-20-23-39(54(33)43(35)55)41-47-26-37(50-41)30-16-14-28(15-17-30)27-10-12-29(13-11-27)32-18-21-34-36(25-32)49-42(48-34)38-9-6-24-53(38)44(56)40(52-46(58)60-2)31-7-4-3-5-8-31/h3-5,7-8,10-18,21,25-26,33,35,38-40H,6,9,19-20,22-24H2,1-2H3,(H,47,50)(H,48,49)(H,51,57)(H,52,58). The Morgan fingerprint density at radius 1 is 0.733 bits per heavy atom. The van der Waals surface area contributed by atoms with E-state index in [9.17, 15) is 19.2 Å². The van der Waals surface area contributed by atoms with Crippen molar-refractivity contribution in [3.63, 3.8) is 0 Å². The van der Waals surface area contributed by atoms with Crippen molar-refractivity contribution in [1.29, 1.82) is 0 Å². The minimum atomic E-state index is -0.880. The number of carbonyl (C=O) groups is 4. The fourth-order valence-electron chi connectivity index (χ4n) is 9.07. The number of likely N-dealkylation sites (tertiary alicyclic amines) is 1. The van der Waals surface area contributed by atoms with E-state index in [1.165, 1.54) is 14.2 Å². The molecule has 3 fully saturated rings. The molecule has 0 radical (unpaired) electrons. The molecule has 5 heterocycles. The monoisotopic (exact) mass is 806 g/mol. The summed E-state index contributed by atoms with van der Waals surface area (Å²) < 4.78 is 9.57. The summed E-state index contributed by atoms with van der Waals surface area (Å²) in [6.45, 7) is 0.556. The summed E-state index contributed by atoms with van der Waals surface area (Å²) >= 11 is 0. The molecular weight excluding hydrogens is 761 g/mol. The van der Waals surface area contributed by atoms with Crippen molar-refractivity contribution < 1.29 is 28.7 Å². The number of benzene rings is 4. The summed E-state index contributed by atoms with van der Waals surface area (Å²) in [5, 5.41) is 5.41. The molecule has 4 N–H and O–H groups in total. The molecule has 9 rings (SSSR count). The van der Waals surface area contributed by atoms with E-state index in [1.54, 1.807) is 4.90 Å². The maximum atomic E-state index is 14.0. The summed E-state index contributed by atoms with van der Waals surface area (Å²) in [7, 11) is 2.58. The lowest BCUT2D eigenvalue weighted by Gasteiger charge is -2.37. The molecule has 0 spiro atoms. The molecule has 4 aromatic carbocycles. The van der Waals surface area contributed by atoms with Gasteiger partial charge in [-0.1, -0.05) is 84.9 Å². The van der Waals surface area contributed by atoms with E-state index in [2.05, 4.69) is 81.3 Å². The van der Waals surface area contributed by atoms with E-state index < -0.39 is 24.3 Å². The molecule has 60 heavy (non-hydrogen) atoms. The van der Waals surface area contributed by atoms with Crippen LogP contribution >= 0.6 is 0 Å². The van der Waals surface area contributed by atoms with Gasteiger partial charge in [-0.15, -0.1) is 0 Å². The first-order valence-electron chi connectivity index (χ1n) is 20.4. The number of aromatic amines is 2. The van der Waals surface area contributed by atoms with Crippen LogP contribution in [0.1, 0.15) is 73.9 Å². The third-order valence-electron chi connectivity index (χ3n) is 12.2. The minimum absolute atomic E-state index is 0.0878. The maximum Gasteiger partial charge on any atom is 0.407 e. The number of amides is 4. The Labute approximate surface area is 346 Å². The van der Waals surface area contributed by atoms with Gasteiger partial charge < -0.3 is 39.9 Å². The second kappa shape index (κ2) is 16.4. The molecule has 0 aliphatic carbocycles. The summed E-state index contributed by atoms with van der Waals surface area (Å²) in [5.41, 5.74) is 8.50. The summed E-state index contributed by atoms with van der Waals surface area (Å²) in [5.74, 6) is 1.17. The number of ether oxygens (including phenoxy) is 2. The number of rotatable bonds is 9. The number of nitrogens with one attached hydrogen (secondary N) is 4. The highest BCUT2D eigenvalue weighted by Crippen LogP contribution is 2.41. The second-order valence-electron chi connectivity index (χ2n) is 15.6. The number of H-pyrrole nitrogens is 2. The van der Waals surface area contributed by atoms with Crippen LogP contribution in [0.15, 0.2) is 103 Å². The number of hydrogen-bond donors (Lipinski definition) is 4. The molecule has 5 unspecified atom stereocenters. The lowest BCUT2D eigenvalue weighted by atomic mass is 9.98. The second-order valence-corrected chi connectivity index (χ2v) is 15.6. The maximum absolute atomic E-state index is 14.0. The number of alkyl carbamates (subject to hydrolysis) is 2. The van der Waals surface area contributed by atoms with Gasteiger partial charge in [0, 0.05) is 12.6 Å². The normalized spacial score (nSPS) is 20.5. The molecule has 14 heteroatoms. The van der Waals surface area contributed by atoms with Gasteiger partial charge in [-0.25, -0.2) is 19.6 Å². The molecule has 5 atom stereocenters. The number of methoxy groups -OCH3 is 2. The zero-order valence-electron chi connectivity index (χ0n) is 33.4. The Kier molecular flexibility index (Phi) is 10.5. The van der Waals surface area contributed by atoms with Crippen molar-refractivity contribution in [3.8, 4) is 33.5 Å². The fourth-order valence-corrected chi connectivity index (χ4v) is 9.07. The zero-order chi connectivity index (χ0) is 41.3. The van der Waals surface area contributed by atoms with Crippen molar-refractivity contribution in [3.05, 3.63) is 120 Å². The predicted molar refractivity (Wildman–Crippen MR) is 224 cm³/mol. The molecule has 306 valence electrons. The quantitative estimate of drug-likeness (QED) is 0.116. The van der Waals surface area contributed by atoms with E-state index in [1.807, 2.05) is 47.5 Å². The number of fused-ring (bicyclic) bond motifs is 2. The van der Waals surface area contributed by atoms with Gasteiger partial charge in [0.05, 0.1) is 49.2 Å². The number of nitrogens with zero attached hydrogens (tertiary/aromatic N) is 4. The van der Waals surface area contributed by atoms with Gasteiger partial charge in [-0.05, 0) is 84.0 Å². The Hall–Kier alpha value is -6.96. The van der Waals surface area contributed by atoms with Gasteiger partial charge in [0.25, 0.3) is 5.91 Å². The molecule has 6 aromatic rings. The fraction of sp³-hybridized carbons (Fsp3) is 0.304. The van der Waals surface area contributed by atoms with Crippen LogP contribution in [-0.4, -0.2) is 86.6 Å². The Bertz CT molecular complexity index is 2540. The first-order chi connectivity index (χ1) is 29.3. The average molecular weight is 807 g/mol. The number of imidazole rings is 2. The number of carbonyl (C=O) groups excluding carboxylic acids is 4. The van der Waals surface area contributed by atoms with E-state index >= 15 is 0 Å². The molecular formula is C46H46N8O6. The van der Waals surface area contributed by atoms with Crippen LogP contribution in [0.25, 0.3) is 44.5 Å². The molecule has 3 aliphatic heterocycles. The van der Waals surface area contributed by atoms with Gasteiger partial charge in [0.15, 0.2) is 0 Å². The first kappa shape index (κ1) is 38.6. The number of piperidine rings is 1. The van der Waals surface area contributed by atoms with Crippen LogP contribution in [0, 0.1) is 0 Å². The lowest BCUT2D eigenvalue weighted by Crippen LogP contribution is -2.54. The molecule has 0 saturated carbocycles. The number of aromatic nitrogens is 4. The van der Waals surface area contributed by atoms with E-state index in [0.29, 0.717) is 18.5 Å². The highest BCUT2D eigenvalue weighted by atomic mass is 16.5. The highest BCUT2D eigenvalue weighted by Gasteiger charge is 2.45. The van der Waals surface area contributed by atoms with Crippen molar-refractivity contribution in [1.82, 2.24) is 40.4 Å². The van der Waals surface area contributed by atoms with Crippen LogP contribution in [0.5, 0.6) is 0 Å². The SMILES string of the molecule is COC(=O)NC1CCC2CCC(c3ncc(-c4ccc(-c5ccc(-c6ccc7nc(C8CCCN8C(=O)C(NC(=O)OC)c8ccccc8)[nH]c7c6)cc5)cc4)[nH]3)N2C1=O. The Balaban J connectivity index is 0.871. The summed E-state index contributed by atoms with van der Waals surface area (Å²) in [4.78, 5) is 71.7. The van der Waals surface area contributed by atoms with Gasteiger partial charge in [-0.3, -0.25) is 9.59 Å². The average Bonchev–Trinajstić information content (AvgIpc) is 4.13. The van der Waals surface area contributed by atoms with Gasteiger partial charge >= 0.3 is 12.2 Å². The molecule has 3 saturated heterocycles. The Morgan fingerprint density at radius 3 is 2.12 bits per heavy atom. The van der Waals surface area contributed by atoms with Crippen molar-refractivity contribution in [2.45, 2.75) is 68.7 Å². The van der Waals surface area contributed by atoms with Crippen LogP contribution < -0.4 is 10.6 Å². The van der Waals surface area contributed by atoms with Crippen LogP contribution in [0.3, 0.4) is 0 Å². The summed E-state index contributed by atoms with van der Waals surface area (Å²) in [6.07, 6.45) is 5.28. The number of hydrogen-bond acceptors (Lipinski definition) is 8.